The number of H-pyrrole nitrogens is 1. The summed E-state index contributed by atoms with van der Waals surface area (Å²) in [4.78, 5) is 31.4. The zero-order valence-electron chi connectivity index (χ0n) is 17.3. The van der Waals surface area contributed by atoms with Crippen LogP contribution in [0.4, 0.5) is 0 Å². The van der Waals surface area contributed by atoms with Gasteiger partial charge in [-0.2, -0.15) is 0 Å². The number of rotatable bonds is 5. The molecule has 154 valence electrons. The van der Waals surface area contributed by atoms with E-state index in [-0.39, 0.29) is 17.7 Å². The van der Waals surface area contributed by atoms with Crippen LogP contribution in [0, 0.1) is 6.92 Å². The molecule has 2 heterocycles. The molecule has 0 unspecified atom stereocenters. The van der Waals surface area contributed by atoms with Gasteiger partial charge in [-0.1, -0.05) is 43.2 Å². The normalized spacial score (nSPS) is 18.7. The van der Waals surface area contributed by atoms with Crippen molar-refractivity contribution < 1.29 is 9.59 Å². The quantitative estimate of drug-likeness (QED) is 0.801. The number of hydrogen-bond acceptors (Lipinski definition) is 3. The number of aromatic nitrogens is 1. The number of amides is 1. The summed E-state index contributed by atoms with van der Waals surface area (Å²) in [5, 5.41) is 3.16. The number of nitrogens with one attached hydrogen (secondary N) is 2. The molecule has 29 heavy (non-hydrogen) atoms. The summed E-state index contributed by atoms with van der Waals surface area (Å²) in [7, 11) is 0. The zero-order valence-corrected chi connectivity index (χ0v) is 17.3. The Hall–Kier alpha value is -2.40. The average molecular weight is 394 g/mol. The molecule has 2 N–H and O–H groups in total. The Morgan fingerprint density at radius 3 is 2.52 bits per heavy atom. The van der Waals surface area contributed by atoms with Gasteiger partial charge in [-0.15, -0.1) is 0 Å². The molecular weight excluding hydrogens is 362 g/mol. The van der Waals surface area contributed by atoms with Crippen LogP contribution < -0.4 is 5.32 Å². The summed E-state index contributed by atoms with van der Waals surface area (Å²) in [5.41, 5.74) is 4.13. The molecule has 1 aromatic heterocycles. The number of carbonyl (C=O) groups excluding carboxylic acids is 2. The average Bonchev–Trinajstić information content (AvgIpc) is 2.89. The second-order valence-electron chi connectivity index (χ2n) is 8.34. The first-order chi connectivity index (χ1) is 14.1. The molecule has 1 fully saturated rings. The fourth-order valence-corrected chi connectivity index (χ4v) is 4.84. The first-order valence-electron chi connectivity index (χ1n) is 11.0. The number of aryl methyl sites for hydroxylation is 2. The maximum Gasteiger partial charge on any atom is 0.253 e. The van der Waals surface area contributed by atoms with Crippen molar-refractivity contribution in [1.82, 2.24) is 15.2 Å². The van der Waals surface area contributed by atoms with Gasteiger partial charge in [0.2, 0.25) is 0 Å². The van der Waals surface area contributed by atoms with Crippen LogP contribution >= 0.6 is 0 Å². The Labute approximate surface area is 172 Å². The van der Waals surface area contributed by atoms with Gasteiger partial charge in [-0.3, -0.25) is 14.5 Å². The standard InChI is InChI=1S/C24H31N3O2/c1-17-22(23-19(26-17)12-9-13-21(23)28)24(29)25-16-20(18-10-5-4-6-11-18)27-14-7-2-3-8-15-27/h4-6,10-11,20,26H,2-3,7-9,12-16H2,1H3,(H,25,29)/t20-/m0/s1. The maximum atomic E-state index is 13.1. The highest BCUT2D eigenvalue weighted by Crippen LogP contribution is 2.28. The van der Waals surface area contributed by atoms with E-state index in [0.29, 0.717) is 24.1 Å². The lowest BCUT2D eigenvalue weighted by molar-refractivity contribution is 0.0913. The zero-order chi connectivity index (χ0) is 20.2. The van der Waals surface area contributed by atoms with Gasteiger partial charge in [-0.25, -0.2) is 0 Å². The molecule has 1 aliphatic heterocycles. The number of Topliss-reactive ketones (excluding diaryl/α,β-unsaturated/α-hetero) is 1. The molecule has 2 aliphatic rings. The van der Waals surface area contributed by atoms with E-state index in [1.807, 2.05) is 13.0 Å². The summed E-state index contributed by atoms with van der Waals surface area (Å²) in [5.74, 6) is -0.0427. The summed E-state index contributed by atoms with van der Waals surface area (Å²) in [6.45, 7) is 4.57. The molecule has 0 bridgehead atoms. The lowest BCUT2D eigenvalue weighted by Crippen LogP contribution is -2.39. The van der Waals surface area contributed by atoms with E-state index in [0.717, 1.165) is 37.3 Å². The third-order valence-corrected chi connectivity index (χ3v) is 6.32. The van der Waals surface area contributed by atoms with Gasteiger partial charge in [0.15, 0.2) is 5.78 Å². The second-order valence-corrected chi connectivity index (χ2v) is 8.34. The molecule has 1 atom stereocenters. The molecule has 1 aromatic carbocycles. The Kier molecular flexibility index (Phi) is 6.14. The van der Waals surface area contributed by atoms with Crippen molar-refractivity contribution in [2.45, 2.75) is 57.9 Å². The molecule has 1 amide bonds. The van der Waals surface area contributed by atoms with E-state index in [9.17, 15) is 9.59 Å². The molecule has 5 heteroatoms. The van der Waals surface area contributed by atoms with E-state index >= 15 is 0 Å². The Bertz CT molecular complexity index is 864. The number of benzene rings is 1. The smallest absolute Gasteiger partial charge is 0.253 e. The maximum absolute atomic E-state index is 13.1. The van der Waals surface area contributed by atoms with E-state index < -0.39 is 0 Å². The lowest BCUT2D eigenvalue weighted by atomic mass is 9.93. The third-order valence-electron chi connectivity index (χ3n) is 6.32. The van der Waals surface area contributed by atoms with Gasteiger partial charge in [0.25, 0.3) is 5.91 Å². The second kappa shape index (κ2) is 8.95. The van der Waals surface area contributed by atoms with Crippen molar-refractivity contribution in [3.8, 4) is 0 Å². The minimum Gasteiger partial charge on any atom is -0.361 e. The Morgan fingerprint density at radius 2 is 1.79 bits per heavy atom. The van der Waals surface area contributed by atoms with Gasteiger partial charge in [0.05, 0.1) is 17.2 Å². The molecular formula is C24H31N3O2. The molecule has 2 aromatic rings. The predicted molar refractivity (Wildman–Crippen MR) is 114 cm³/mol. The first kappa shape index (κ1) is 19.9. The summed E-state index contributed by atoms with van der Waals surface area (Å²) in [6, 6.07) is 10.6. The van der Waals surface area contributed by atoms with E-state index in [2.05, 4.69) is 39.5 Å². The number of likely N-dealkylation sites (tertiary alicyclic amines) is 1. The highest BCUT2D eigenvalue weighted by atomic mass is 16.2. The van der Waals surface area contributed by atoms with Crippen molar-refractivity contribution in [3.63, 3.8) is 0 Å². The van der Waals surface area contributed by atoms with E-state index in [4.69, 9.17) is 0 Å². The number of ketones is 1. The van der Waals surface area contributed by atoms with Crippen molar-refractivity contribution in [1.29, 1.82) is 0 Å². The number of fused-ring (bicyclic) bond motifs is 1. The van der Waals surface area contributed by atoms with Gasteiger partial charge >= 0.3 is 0 Å². The largest absolute Gasteiger partial charge is 0.361 e. The minimum absolute atomic E-state index is 0.0906. The van der Waals surface area contributed by atoms with Crippen LogP contribution in [0.1, 0.15) is 82.2 Å². The molecule has 4 rings (SSSR count). The van der Waals surface area contributed by atoms with Crippen molar-refractivity contribution >= 4 is 11.7 Å². The summed E-state index contributed by atoms with van der Waals surface area (Å²) < 4.78 is 0. The minimum atomic E-state index is -0.133. The van der Waals surface area contributed by atoms with Crippen LogP contribution in [0.25, 0.3) is 0 Å². The van der Waals surface area contributed by atoms with Gasteiger partial charge in [0.1, 0.15) is 0 Å². The van der Waals surface area contributed by atoms with Crippen LogP contribution in [-0.2, 0) is 6.42 Å². The predicted octanol–water partition coefficient (Wildman–Crippen LogP) is 4.19. The number of hydrogen-bond donors (Lipinski definition) is 2. The molecule has 0 spiro atoms. The highest BCUT2D eigenvalue weighted by molar-refractivity contribution is 6.10. The van der Waals surface area contributed by atoms with Gasteiger partial charge in [0, 0.05) is 24.4 Å². The molecule has 0 radical (unpaired) electrons. The van der Waals surface area contributed by atoms with Crippen molar-refractivity contribution in [2.75, 3.05) is 19.6 Å². The van der Waals surface area contributed by atoms with E-state index in [1.165, 1.54) is 31.2 Å². The Morgan fingerprint density at radius 1 is 1.07 bits per heavy atom. The fraction of sp³-hybridized carbons (Fsp3) is 0.500. The molecule has 1 saturated heterocycles. The summed E-state index contributed by atoms with van der Waals surface area (Å²) in [6.07, 6.45) is 7.20. The van der Waals surface area contributed by atoms with Crippen molar-refractivity contribution in [3.05, 3.63) is 58.4 Å². The molecule has 5 nitrogen and oxygen atoms in total. The SMILES string of the molecule is Cc1[nH]c2c(c1C(=O)NC[C@@H](c1ccccc1)N1CCCCCC1)C(=O)CCC2. The lowest BCUT2D eigenvalue weighted by Gasteiger charge is -2.31. The third kappa shape index (κ3) is 4.30. The number of aromatic amines is 1. The number of carbonyl (C=O) groups is 2. The number of nitrogens with zero attached hydrogens (tertiary/aromatic N) is 1. The Balaban J connectivity index is 1.54. The molecule has 1 aliphatic carbocycles. The summed E-state index contributed by atoms with van der Waals surface area (Å²) >= 11 is 0. The van der Waals surface area contributed by atoms with E-state index in [1.54, 1.807) is 0 Å². The first-order valence-corrected chi connectivity index (χ1v) is 11.0. The van der Waals surface area contributed by atoms with Crippen LogP contribution in [-0.4, -0.2) is 41.2 Å². The van der Waals surface area contributed by atoms with Gasteiger partial charge < -0.3 is 10.3 Å². The van der Waals surface area contributed by atoms with Crippen LogP contribution in [0.15, 0.2) is 30.3 Å². The van der Waals surface area contributed by atoms with Crippen molar-refractivity contribution in [2.24, 2.45) is 0 Å². The molecule has 0 saturated carbocycles. The highest BCUT2D eigenvalue weighted by Gasteiger charge is 2.29. The van der Waals surface area contributed by atoms with Crippen LogP contribution in [0.2, 0.25) is 0 Å². The van der Waals surface area contributed by atoms with Crippen LogP contribution in [0.3, 0.4) is 0 Å². The van der Waals surface area contributed by atoms with Gasteiger partial charge in [-0.05, 0) is 51.3 Å². The van der Waals surface area contributed by atoms with Crippen LogP contribution in [0.5, 0.6) is 0 Å². The topological polar surface area (TPSA) is 65.2 Å². The fourth-order valence-electron chi connectivity index (χ4n) is 4.84. The monoisotopic (exact) mass is 393 g/mol.